The largest absolute Gasteiger partial charge is 0.487 e. The lowest BCUT2D eigenvalue weighted by molar-refractivity contribution is 0.213. The molecule has 18 nitrogen and oxygen atoms in total. The number of hydrogen-bond donors (Lipinski definition) is 8. The number of nitrogens with two attached hydrogens (primary N) is 4. The molecule has 0 aliphatic carbocycles. The number of amidine groups is 4. The maximum atomic E-state index is 8.87. The first-order valence-corrected chi connectivity index (χ1v) is 20.6. The van der Waals surface area contributed by atoms with Gasteiger partial charge in [0.05, 0.1) is 11.4 Å². The van der Waals surface area contributed by atoms with Gasteiger partial charge in [-0.25, -0.2) is 0 Å². The van der Waals surface area contributed by atoms with Crippen LogP contribution in [0.2, 0.25) is 0 Å². The fraction of sp³-hybridized carbons (Fsp3) is 0.208. The molecule has 0 saturated carbocycles. The Labute approximate surface area is 383 Å². The predicted octanol–water partition coefficient (Wildman–Crippen LogP) is 6.50. The third-order valence-corrected chi connectivity index (χ3v) is 10.3. The molecule has 18 heteroatoms. The van der Waals surface area contributed by atoms with Crippen molar-refractivity contribution in [3.63, 3.8) is 0 Å². The number of oxime groups is 4. The third-order valence-electron chi connectivity index (χ3n) is 10.3. The van der Waals surface area contributed by atoms with E-state index in [1.807, 2.05) is 119 Å². The number of ether oxygens (including phenoxy) is 2. The lowest BCUT2D eigenvalue weighted by atomic mass is 10.1. The Hall–Kier alpha value is -8.54. The molecule has 0 aliphatic rings. The highest BCUT2D eigenvalue weighted by molar-refractivity contribution is 5.98. The van der Waals surface area contributed by atoms with Crippen LogP contribution in [0, 0.1) is 27.7 Å². The average Bonchev–Trinajstić information content (AvgIpc) is 3.33. The number of aryl methyl sites for hydroxylation is 2. The molecule has 66 heavy (non-hydrogen) atoms. The molecule has 0 bridgehead atoms. The molecule has 6 rings (SSSR count). The SMILES string of the molecule is CO/N=C(\N)c1ccc(NCc2cnc(C)c(OCc3cccc(/C(N)=N/OC)c3)c2C)cc1.Cc1ncc(CNc2ccc(/C(N)=N/O)cc2)c(C)c1OCc1cccc(/C(N)=N/O)c1. The van der Waals surface area contributed by atoms with Crippen LogP contribution in [0.4, 0.5) is 11.4 Å². The summed E-state index contributed by atoms with van der Waals surface area (Å²) in [6, 6.07) is 29.9. The van der Waals surface area contributed by atoms with Gasteiger partial charge in [0, 0.05) is 59.1 Å². The van der Waals surface area contributed by atoms with E-state index in [2.05, 4.69) is 41.2 Å². The van der Waals surface area contributed by atoms with Crippen molar-refractivity contribution in [2.24, 2.45) is 43.6 Å². The van der Waals surface area contributed by atoms with Gasteiger partial charge in [-0.2, -0.15) is 0 Å². The molecule has 6 aromatic rings. The highest BCUT2D eigenvalue weighted by atomic mass is 16.6. The van der Waals surface area contributed by atoms with Crippen molar-refractivity contribution in [2.45, 2.75) is 54.0 Å². The van der Waals surface area contributed by atoms with Gasteiger partial charge in [-0.05, 0) is 122 Å². The minimum absolute atomic E-state index is 0.0494. The van der Waals surface area contributed by atoms with Crippen molar-refractivity contribution in [3.8, 4) is 11.5 Å². The fourth-order valence-corrected chi connectivity index (χ4v) is 6.56. The van der Waals surface area contributed by atoms with Crippen LogP contribution in [0.15, 0.2) is 130 Å². The van der Waals surface area contributed by atoms with Crippen molar-refractivity contribution in [3.05, 3.63) is 176 Å². The van der Waals surface area contributed by atoms with E-state index in [-0.39, 0.29) is 11.7 Å². The summed E-state index contributed by atoms with van der Waals surface area (Å²) < 4.78 is 12.2. The number of anilines is 2. The number of benzene rings is 4. The van der Waals surface area contributed by atoms with Gasteiger partial charge in [-0.3, -0.25) is 9.97 Å². The van der Waals surface area contributed by atoms with Gasteiger partial charge in [0.2, 0.25) is 0 Å². The zero-order valence-electron chi connectivity index (χ0n) is 37.7. The summed E-state index contributed by atoms with van der Waals surface area (Å²) in [6.45, 7) is 9.71. The van der Waals surface area contributed by atoms with Crippen LogP contribution in [-0.2, 0) is 36.0 Å². The first-order chi connectivity index (χ1) is 31.8. The Morgan fingerprint density at radius 3 is 1.32 bits per heavy atom. The highest BCUT2D eigenvalue weighted by Crippen LogP contribution is 2.28. The van der Waals surface area contributed by atoms with Crippen molar-refractivity contribution in [2.75, 3.05) is 24.9 Å². The molecule has 0 unspecified atom stereocenters. The molecular formula is C48H56N12O6. The van der Waals surface area contributed by atoms with Crippen LogP contribution >= 0.6 is 0 Å². The standard InChI is InChI=1S/C25H30N6O3.C23H26N6O3/c1-16-21(14-29-22-10-8-19(9-11-22)24(26)30-32-3)13-28-17(2)23(16)34-15-18-6-5-7-20(12-18)25(27)31-33-4;1-14-19(12-27-20-8-6-17(7-9-20)22(24)28-30)11-26-15(2)21(14)32-13-16-4-3-5-18(10-16)23(25)29-31/h5-13,29H,14-15H2,1-4H3,(H2,26,30)(H2,27,31);3-11,27,30-31H,12-13H2,1-2H3,(H2,24,28)(H2,25,29). The number of nitrogens with one attached hydrogen (secondary N) is 2. The van der Waals surface area contributed by atoms with Crippen molar-refractivity contribution in [1.82, 2.24) is 9.97 Å². The van der Waals surface area contributed by atoms with Crippen LogP contribution < -0.4 is 43.0 Å². The lowest BCUT2D eigenvalue weighted by Gasteiger charge is -2.16. The lowest BCUT2D eigenvalue weighted by Crippen LogP contribution is -2.14. The molecule has 0 saturated heterocycles. The Morgan fingerprint density at radius 1 is 0.530 bits per heavy atom. The second kappa shape index (κ2) is 23.8. The second-order valence-electron chi connectivity index (χ2n) is 14.8. The van der Waals surface area contributed by atoms with Crippen LogP contribution in [0.25, 0.3) is 0 Å². The summed E-state index contributed by atoms with van der Waals surface area (Å²) in [4.78, 5) is 18.5. The Balaban J connectivity index is 0.000000248. The summed E-state index contributed by atoms with van der Waals surface area (Å²) in [5.41, 5.74) is 35.2. The van der Waals surface area contributed by atoms with Crippen LogP contribution in [0.3, 0.4) is 0 Å². The molecule has 0 amide bonds. The summed E-state index contributed by atoms with van der Waals surface area (Å²) in [5, 5.41) is 37.9. The highest BCUT2D eigenvalue weighted by Gasteiger charge is 2.14. The Bertz CT molecular complexity index is 2690. The van der Waals surface area contributed by atoms with Gasteiger partial charge < -0.3 is 63.1 Å². The normalized spacial score (nSPS) is 11.8. The molecule has 344 valence electrons. The molecular weight excluding hydrogens is 841 g/mol. The van der Waals surface area contributed by atoms with Gasteiger partial charge >= 0.3 is 0 Å². The molecule has 0 spiro atoms. The first kappa shape index (κ1) is 48.5. The maximum Gasteiger partial charge on any atom is 0.170 e. The predicted molar refractivity (Wildman–Crippen MR) is 257 cm³/mol. The summed E-state index contributed by atoms with van der Waals surface area (Å²) in [6.07, 6.45) is 3.69. The second-order valence-corrected chi connectivity index (χ2v) is 14.8. The summed E-state index contributed by atoms with van der Waals surface area (Å²) in [7, 11) is 2.92. The number of aromatic nitrogens is 2. The van der Waals surface area contributed by atoms with Gasteiger partial charge in [0.1, 0.15) is 38.9 Å². The van der Waals surface area contributed by atoms with Crippen LogP contribution in [0.5, 0.6) is 11.5 Å². The maximum absolute atomic E-state index is 8.87. The molecule has 12 N–H and O–H groups in total. The minimum Gasteiger partial charge on any atom is -0.487 e. The first-order valence-electron chi connectivity index (χ1n) is 20.6. The topological polar surface area (TPSA) is 281 Å². The zero-order valence-corrected chi connectivity index (χ0v) is 37.7. The Morgan fingerprint density at radius 2 is 0.909 bits per heavy atom. The molecule has 0 aliphatic heterocycles. The van der Waals surface area contributed by atoms with E-state index in [4.69, 9.17) is 52.5 Å². The van der Waals surface area contributed by atoms with E-state index in [1.165, 1.54) is 14.2 Å². The number of pyridine rings is 2. The van der Waals surface area contributed by atoms with E-state index in [1.54, 1.807) is 18.2 Å². The fourth-order valence-electron chi connectivity index (χ4n) is 6.56. The number of hydrogen-bond acceptors (Lipinski definition) is 14. The third kappa shape index (κ3) is 13.2. The van der Waals surface area contributed by atoms with E-state index < -0.39 is 0 Å². The molecule has 4 aromatic carbocycles. The van der Waals surface area contributed by atoms with E-state index in [0.29, 0.717) is 49.1 Å². The Kier molecular flexibility index (Phi) is 17.5. The molecule has 0 radical (unpaired) electrons. The smallest absolute Gasteiger partial charge is 0.170 e. The van der Waals surface area contributed by atoms with E-state index >= 15 is 0 Å². The molecule has 0 fully saturated rings. The summed E-state index contributed by atoms with van der Waals surface area (Å²) in [5.74, 6) is 2.24. The quantitative estimate of drug-likeness (QED) is 0.0198. The number of rotatable bonds is 18. The minimum atomic E-state index is 0.0494. The monoisotopic (exact) mass is 896 g/mol. The van der Waals surface area contributed by atoms with Crippen LogP contribution in [0.1, 0.15) is 67.0 Å². The van der Waals surface area contributed by atoms with E-state index in [0.717, 1.165) is 78.8 Å². The number of nitrogens with zero attached hydrogens (tertiary/aromatic N) is 6. The van der Waals surface area contributed by atoms with Crippen molar-refractivity contribution in [1.29, 1.82) is 0 Å². The zero-order chi connectivity index (χ0) is 47.6. The van der Waals surface area contributed by atoms with Crippen LogP contribution in [-0.4, -0.2) is 57.9 Å². The van der Waals surface area contributed by atoms with Gasteiger partial charge in [0.15, 0.2) is 23.3 Å². The average molecular weight is 897 g/mol. The van der Waals surface area contributed by atoms with Gasteiger partial charge in [-0.15, -0.1) is 0 Å². The van der Waals surface area contributed by atoms with Crippen molar-refractivity contribution < 1.29 is 29.6 Å². The van der Waals surface area contributed by atoms with Gasteiger partial charge in [0.25, 0.3) is 0 Å². The van der Waals surface area contributed by atoms with Crippen molar-refractivity contribution >= 4 is 34.7 Å². The molecule has 2 aromatic heterocycles. The van der Waals surface area contributed by atoms with E-state index in [9.17, 15) is 0 Å². The van der Waals surface area contributed by atoms with Gasteiger partial charge in [-0.1, -0.05) is 57.0 Å². The molecule has 0 atom stereocenters. The molecule has 2 heterocycles. The summed E-state index contributed by atoms with van der Waals surface area (Å²) >= 11 is 0.